The number of rotatable bonds is 6. The normalized spacial score (nSPS) is 13.2. The molecule has 8 heteroatoms. The third kappa shape index (κ3) is 4.22. The first-order chi connectivity index (χ1) is 12.4. The molecular weight excluding hydrogens is 334 g/mol. The fourth-order valence-corrected chi connectivity index (χ4v) is 2.52. The fraction of sp³-hybridized carbons (Fsp3) is 0.222. The van der Waals surface area contributed by atoms with E-state index in [9.17, 15) is 14.7 Å². The molecule has 2 heterocycles. The molecule has 0 bridgehead atoms. The molecule has 3 aromatic rings. The third-order valence-electron chi connectivity index (χ3n) is 3.81. The van der Waals surface area contributed by atoms with Crippen LogP contribution in [0.5, 0.6) is 0 Å². The first-order valence-electron chi connectivity index (χ1n) is 8.08. The summed E-state index contributed by atoms with van der Waals surface area (Å²) < 4.78 is 1.38. The van der Waals surface area contributed by atoms with Gasteiger partial charge in [0, 0.05) is 31.6 Å². The molecule has 0 aliphatic heterocycles. The summed E-state index contributed by atoms with van der Waals surface area (Å²) in [6, 6.07) is 11.2. The molecule has 3 rings (SSSR count). The van der Waals surface area contributed by atoms with Crippen LogP contribution in [0.15, 0.2) is 59.8 Å². The van der Waals surface area contributed by atoms with E-state index >= 15 is 0 Å². The molecule has 1 atom stereocenters. The van der Waals surface area contributed by atoms with Crippen molar-refractivity contribution in [2.24, 2.45) is 0 Å². The van der Waals surface area contributed by atoms with E-state index in [-0.39, 0.29) is 18.1 Å². The van der Waals surface area contributed by atoms with Crippen LogP contribution in [0, 0.1) is 0 Å². The Balaban J connectivity index is 1.65. The maximum atomic E-state index is 12.3. The molecule has 0 saturated carbocycles. The number of aromatic amines is 1. The summed E-state index contributed by atoms with van der Waals surface area (Å²) in [5.74, 6) is -0.383. The van der Waals surface area contributed by atoms with E-state index < -0.39 is 17.1 Å². The number of hydrogen-bond donors (Lipinski definition) is 3. The van der Waals surface area contributed by atoms with E-state index in [4.69, 9.17) is 0 Å². The molecule has 26 heavy (non-hydrogen) atoms. The fourth-order valence-electron chi connectivity index (χ4n) is 2.52. The number of carbonyl (C=O) groups excluding carboxylic acids is 1. The van der Waals surface area contributed by atoms with Crippen LogP contribution in [0.25, 0.3) is 5.95 Å². The minimum Gasteiger partial charge on any atom is -0.388 e. The lowest BCUT2D eigenvalue weighted by molar-refractivity contribution is 0.0552. The van der Waals surface area contributed by atoms with Crippen LogP contribution in [-0.4, -0.2) is 42.9 Å². The molecular formula is C18H19N5O3. The minimum absolute atomic E-state index is 0.00107. The van der Waals surface area contributed by atoms with Crippen molar-refractivity contribution >= 4 is 5.91 Å². The van der Waals surface area contributed by atoms with Crippen molar-refractivity contribution in [2.45, 2.75) is 18.9 Å². The van der Waals surface area contributed by atoms with Crippen LogP contribution in [0.2, 0.25) is 0 Å². The second kappa shape index (κ2) is 7.32. The molecule has 0 aliphatic rings. The first-order valence-corrected chi connectivity index (χ1v) is 8.08. The van der Waals surface area contributed by atoms with Gasteiger partial charge in [-0.15, -0.1) is 0 Å². The Morgan fingerprint density at radius 1 is 1.31 bits per heavy atom. The number of amides is 1. The predicted molar refractivity (Wildman–Crippen MR) is 95.1 cm³/mol. The van der Waals surface area contributed by atoms with Crippen molar-refractivity contribution in [1.82, 2.24) is 25.1 Å². The molecule has 0 fully saturated rings. The van der Waals surface area contributed by atoms with Crippen molar-refractivity contribution in [3.05, 3.63) is 76.5 Å². The number of nitrogens with one attached hydrogen (secondary N) is 2. The van der Waals surface area contributed by atoms with Gasteiger partial charge >= 0.3 is 0 Å². The zero-order chi connectivity index (χ0) is 18.6. The Labute approximate surface area is 149 Å². The van der Waals surface area contributed by atoms with Gasteiger partial charge < -0.3 is 10.4 Å². The number of nitrogens with zero attached hydrogens (tertiary/aromatic N) is 3. The maximum absolute atomic E-state index is 12.3. The van der Waals surface area contributed by atoms with Gasteiger partial charge in [-0.25, -0.2) is 9.67 Å². The molecule has 1 aromatic carbocycles. The summed E-state index contributed by atoms with van der Waals surface area (Å²) in [6.45, 7) is 1.63. The largest absolute Gasteiger partial charge is 0.388 e. The van der Waals surface area contributed by atoms with Crippen molar-refractivity contribution in [3.8, 4) is 5.95 Å². The SMILES string of the molecule is CC(O)(CNC(=O)c1cnc(-n2cccn2)[nH]c1=O)Cc1ccccc1. The predicted octanol–water partition coefficient (Wildman–Crippen LogP) is 0.679. The van der Waals surface area contributed by atoms with E-state index in [0.717, 1.165) is 5.56 Å². The van der Waals surface area contributed by atoms with Crippen LogP contribution in [0.3, 0.4) is 0 Å². The maximum Gasteiger partial charge on any atom is 0.265 e. The number of H-pyrrole nitrogens is 1. The second-order valence-corrected chi connectivity index (χ2v) is 6.24. The van der Waals surface area contributed by atoms with Crippen molar-refractivity contribution in [1.29, 1.82) is 0 Å². The van der Waals surface area contributed by atoms with Crippen molar-refractivity contribution in [2.75, 3.05) is 6.54 Å². The summed E-state index contributed by atoms with van der Waals surface area (Å²) in [5, 5.41) is 17.0. The van der Waals surface area contributed by atoms with E-state index in [0.29, 0.717) is 6.42 Å². The molecule has 0 aliphatic carbocycles. The molecule has 0 spiro atoms. The van der Waals surface area contributed by atoms with Crippen LogP contribution in [-0.2, 0) is 6.42 Å². The van der Waals surface area contributed by atoms with Gasteiger partial charge in [-0.1, -0.05) is 30.3 Å². The van der Waals surface area contributed by atoms with E-state index in [1.807, 2.05) is 30.3 Å². The molecule has 8 nitrogen and oxygen atoms in total. The highest BCUT2D eigenvalue weighted by Crippen LogP contribution is 2.12. The Hall–Kier alpha value is -3.26. The Kier molecular flexibility index (Phi) is 4.94. The average Bonchev–Trinajstić information content (AvgIpc) is 3.15. The monoisotopic (exact) mass is 353 g/mol. The van der Waals surface area contributed by atoms with Gasteiger partial charge in [0.2, 0.25) is 5.95 Å². The second-order valence-electron chi connectivity index (χ2n) is 6.24. The van der Waals surface area contributed by atoms with Gasteiger partial charge in [0.05, 0.1) is 5.60 Å². The van der Waals surface area contributed by atoms with Crippen LogP contribution in [0.4, 0.5) is 0 Å². The van der Waals surface area contributed by atoms with Gasteiger partial charge in [-0.2, -0.15) is 5.10 Å². The van der Waals surface area contributed by atoms with E-state index in [1.54, 1.807) is 25.4 Å². The van der Waals surface area contributed by atoms with Gasteiger partial charge in [0.1, 0.15) is 5.56 Å². The third-order valence-corrected chi connectivity index (χ3v) is 3.81. The molecule has 0 saturated heterocycles. The number of benzene rings is 1. The van der Waals surface area contributed by atoms with Gasteiger partial charge in [-0.3, -0.25) is 14.6 Å². The summed E-state index contributed by atoms with van der Waals surface area (Å²) in [6.07, 6.45) is 4.74. The Morgan fingerprint density at radius 3 is 2.73 bits per heavy atom. The number of hydrogen-bond acceptors (Lipinski definition) is 5. The van der Waals surface area contributed by atoms with E-state index in [2.05, 4.69) is 20.4 Å². The Morgan fingerprint density at radius 2 is 2.08 bits per heavy atom. The zero-order valence-electron chi connectivity index (χ0n) is 14.2. The highest BCUT2D eigenvalue weighted by molar-refractivity contribution is 5.93. The van der Waals surface area contributed by atoms with E-state index in [1.165, 1.54) is 10.9 Å². The van der Waals surface area contributed by atoms with Crippen molar-refractivity contribution < 1.29 is 9.90 Å². The molecule has 1 unspecified atom stereocenters. The molecule has 1 amide bonds. The summed E-state index contributed by atoms with van der Waals surface area (Å²) in [7, 11) is 0. The topological polar surface area (TPSA) is 113 Å². The van der Waals surface area contributed by atoms with Crippen LogP contribution < -0.4 is 10.9 Å². The highest BCUT2D eigenvalue weighted by Gasteiger charge is 2.23. The molecule has 3 N–H and O–H groups in total. The smallest absolute Gasteiger partial charge is 0.265 e. The van der Waals surface area contributed by atoms with Crippen LogP contribution in [0.1, 0.15) is 22.8 Å². The average molecular weight is 353 g/mol. The zero-order valence-corrected chi connectivity index (χ0v) is 14.2. The molecule has 0 radical (unpaired) electrons. The highest BCUT2D eigenvalue weighted by atomic mass is 16.3. The quantitative estimate of drug-likeness (QED) is 0.603. The number of aliphatic hydroxyl groups is 1. The van der Waals surface area contributed by atoms with Gasteiger partial charge in [0.25, 0.3) is 11.5 Å². The summed E-state index contributed by atoms with van der Waals surface area (Å²) >= 11 is 0. The minimum atomic E-state index is -1.15. The van der Waals surface area contributed by atoms with Crippen molar-refractivity contribution in [3.63, 3.8) is 0 Å². The number of carbonyl (C=O) groups is 1. The van der Waals surface area contributed by atoms with Gasteiger partial charge in [-0.05, 0) is 18.6 Å². The Bertz CT molecular complexity index is 933. The molecule has 2 aromatic heterocycles. The lowest BCUT2D eigenvalue weighted by atomic mass is 9.96. The summed E-state index contributed by atoms with van der Waals surface area (Å²) in [4.78, 5) is 30.9. The van der Waals surface area contributed by atoms with Gasteiger partial charge in [0.15, 0.2) is 0 Å². The first kappa shape index (κ1) is 17.6. The number of aromatic nitrogens is 4. The van der Waals surface area contributed by atoms with Crippen LogP contribution >= 0.6 is 0 Å². The standard InChI is InChI=1S/C18H19N5O3/c1-18(26,10-13-6-3-2-4-7-13)12-20-15(24)14-11-19-17(22-16(14)25)23-9-5-8-21-23/h2-9,11,26H,10,12H2,1H3,(H,20,24)(H,19,22,25). The lowest BCUT2D eigenvalue weighted by Crippen LogP contribution is -2.43. The molecule has 134 valence electrons. The lowest BCUT2D eigenvalue weighted by Gasteiger charge is -2.23. The summed E-state index contributed by atoms with van der Waals surface area (Å²) in [5.41, 5.74) is -0.899.